The van der Waals surface area contributed by atoms with E-state index in [1.807, 2.05) is 37.3 Å². The van der Waals surface area contributed by atoms with Gasteiger partial charge in [0.05, 0.1) is 23.1 Å². The topological polar surface area (TPSA) is 50.2 Å². The van der Waals surface area contributed by atoms with E-state index in [-0.39, 0.29) is 11.9 Å². The normalized spacial score (nSPS) is 18.0. The van der Waals surface area contributed by atoms with E-state index in [9.17, 15) is 4.79 Å². The van der Waals surface area contributed by atoms with Crippen LogP contribution in [0.5, 0.6) is 0 Å². The van der Waals surface area contributed by atoms with E-state index in [2.05, 4.69) is 46.5 Å². The number of amides is 1. The van der Waals surface area contributed by atoms with Gasteiger partial charge in [-0.25, -0.2) is 4.68 Å². The van der Waals surface area contributed by atoms with Crippen molar-refractivity contribution in [2.24, 2.45) is 0 Å². The average Bonchev–Trinajstić information content (AvgIpc) is 3.34. The lowest BCUT2D eigenvalue weighted by atomic mass is 10.1. The molecule has 1 saturated heterocycles. The fourth-order valence-electron chi connectivity index (χ4n) is 3.96. The second-order valence-electron chi connectivity index (χ2n) is 7.58. The Bertz CT molecular complexity index is 1000. The zero-order chi connectivity index (χ0) is 20.4. The molecule has 2 unspecified atom stereocenters. The van der Waals surface area contributed by atoms with E-state index in [0.29, 0.717) is 16.6 Å². The summed E-state index contributed by atoms with van der Waals surface area (Å²) in [5.74, 6) is -0.0741. The van der Waals surface area contributed by atoms with Crippen molar-refractivity contribution in [1.29, 1.82) is 0 Å². The first-order chi connectivity index (χ1) is 14.0. The van der Waals surface area contributed by atoms with Crippen LogP contribution < -0.4 is 5.32 Å². The van der Waals surface area contributed by atoms with Crippen LogP contribution in [0.3, 0.4) is 0 Å². The van der Waals surface area contributed by atoms with Crippen molar-refractivity contribution < 1.29 is 4.79 Å². The Kier molecular flexibility index (Phi) is 5.69. The van der Waals surface area contributed by atoms with Crippen LogP contribution in [-0.4, -0.2) is 39.7 Å². The van der Waals surface area contributed by atoms with Crippen molar-refractivity contribution in [1.82, 2.24) is 20.0 Å². The number of benzene rings is 2. The van der Waals surface area contributed by atoms with Gasteiger partial charge in [0.25, 0.3) is 5.91 Å². The number of nitrogens with one attached hydrogen (secondary N) is 1. The van der Waals surface area contributed by atoms with Gasteiger partial charge in [-0.2, -0.15) is 5.10 Å². The molecule has 150 valence electrons. The van der Waals surface area contributed by atoms with Crippen LogP contribution in [-0.2, 0) is 0 Å². The molecule has 6 heteroatoms. The summed E-state index contributed by atoms with van der Waals surface area (Å²) >= 11 is 6.09. The summed E-state index contributed by atoms with van der Waals surface area (Å²) in [6, 6.07) is 18.4. The Balaban J connectivity index is 1.42. The second-order valence-corrected chi connectivity index (χ2v) is 8.01. The number of halogens is 1. The largest absolute Gasteiger partial charge is 0.348 e. The smallest absolute Gasteiger partial charge is 0.255 e. The molecule has 0 saturated carbocycles. The molecule has 2 aromatic carbocycles. The summed E-state index contributed by atoms with van der Waals surface area (Å²) in [5.41, 5.74) is 3.55. The highest BCUT2D eigenvalue weighted by Crippen LogP contribution is 2.25. The molecule has 4 rings (SSSR count). The van der Waals surface area contributed by atoms with Gasteiger partial charge in [0, 0.05) is 30.2 Å². The highest BCUT2D eigenvalue weighted by Gasteiger charge is 2.28. The maximum absolute atomic E-state index is 12.9. The molecule has 0 bridgehead atoms. The number of likely N-dealkylation sites (tertiary alicyclic amines) is 1. The monoisotopic (exact) mass is 408 g/mol. The number of carbonyl (C=O) groups excluding carboxylic acids is 1. The second kappa shape index (κ2) is 8.39. The Labute approximate surface area is 176 Å². The van der Waals surface area contributed by atoms with E-state index in [1.165, 1.54) is 5.56 Å². The molecular weight excluding hydrogens is 384 g/mol. The van der Waals surface area contributed by atoms with Gasteiger partial charge in [-0.1, -0.05) is 48.0 Å². The van der Waals surface area contributed by atoms with E-state index in [1.54, 1.807) is 10.9 Å². The number of nitrogens with zero attached hydrogens (tertiary/aromatic N) is 3. The molecule has 2 heterocycles. The summed E-state index contributed by atoms with van der Waals surface area (Å²) in [6.45, 7) is 5.95. The molecule has 3 aromatic rings. The van der Waals surface area contributed by atoms with Crippen molar-refractivity contribution in [3.63, 3.8) is 0 Å². The van der Waals surface area contributed by atoms with Crippen LogP contribution in [0.25, 0.3) is 5.69 Å². The Morgan fingerprint density at radius 3 is 2.76 bits per heavy atom. The van der Waals surface area contributed by atoms with Gasteiger partial charge < -0.3 is 5.32 Å². The predicted molar refractivity (Wildman–Crippen MR) is 116 cm³/mol. The van der Waals surface area contributed by atoms with Gasteiger partial charge in [0.2, 0.25) is 0 Å². The number of rotatable bonds is 5. The molecular formula is C23H25ClN4O. The van der Waals surface area contributed by atoms with Crippen molar-refractivity contribution in [3.05, 3.63) is 82.6 Å². The van der Waals surface area contributed by atoms with Gasteiger partial charge in [-0.05, 0) is 44.0 Å². The maximum Gasteiger partial charge on any atom is 0.255 e. The molecule has 2 atom stereocenters. The average molecular weight is 409 g/mol. The predicted octanol–water partition coefficient (Wildman–Crippen LogP) is 4.40. The molecule has 0 aliphatic carbocycles. The highest BCUT2D eigenvalue weighted by atomic mass is 35.5. The molecule has 1 N–H and O–H groups in total. The minimum absolute atomic E-state index is 0.0741. The molecule has 1 aliphatic rings. The number of hydrogen-bond donors (Lipinski definition) is 1. The SMILES string of the molecule is Cc1c(C(=O)NC2CCN(C(C)c3ccccc3)C2)cnn1-c1cccc(Cl)c1. The summed E-state index contributed by atoms with van der Waals surface area (Å²) in [5, 5.41) is 8.22. The lowest BCUT2D eigenvalue weighted by Gasteiger charge is -2.24. The number of aromatic nitrogens is 2. The van der Waals surface area contributed by atoms with Gasteiger partial charge in [-0.3, -0.25) is 9.69 Å². The zero-order valence-corrected chi connectivity index (χ0v) is 17.4. The van der Waals surface area contributed by atoms with Crippen LogP contribution in [0.2, 0.25) is 5.02 Å². The standard InChI is InChI=1S/C23H25ClN4O/c1-16(18-7-4-3-5-8-18)27-12-11-20(15-27)26-23(29)22-14-25-28(17(22)2)21-10-6-9-19(24)13-21/h3-10,13-14,16,20H,11-12,15H2,1-2H3,(H,26,29). The first-order valence-corrected chi connectivity index (χ1v) is 10.3. The first-order valence-electron chi connectivity index (χ1n) is 9.93. The quantitative estimate of drug-likeness (QED) is 0.680. The zero-order valence-electron chi connectivity index (χ0n) is 16.7. The Hall–Kier alpha value is -2.63. The fourth-order valence-corrected chi connectivity index (χ4v) is 4.15. The van der Waals surface area contributed by atoms with Crippen molar-refractivity contribution in [2.45, 2.75) is 32.4 Å². The maximum atomic E-state index is 12.9. The van der Waals surface area contributed by atoms with Crippen molar-refractivity contribution in [2.75, 3.05) is 13.1 Å². The molecule has 29 heavy (non-hydrogen) atoms. The number of hydrogen-bond acceptors (Lipinski definition) is 3. The van der Waals surface area contributed by atoms with Crippen LogP contribution in [0.15, 0.2) is 60.8 Å². The van der Waals surface area contributed by atoms with E-state index >= 15 is 0 Å². The highest BCUT2D eigenvalue weighted by molar-refractivity contribution is 6.30. The summed E-state index contributed by atoms with van der Waals surface area (Å²) in [7, 11) is 0. The third-order valence-corrected chi connectivity index (χ3v) is 5.93. The third kappa shape index (κ3) is 4.21. The minimum Gasteiger partial charge on any atom is -0.348 e. The summed E-state index contributed by atoms with van der Waals surface area (Å²) < 4.78 is 1.75. The molecule has 1 aliphatic heterocycles. The molecule has 0 spiro atoms. The van der Waals surface area contributed by atoms with Gasteiger partial charge >= 0.3 is 0 Å². The van der Waals surface area contributed by atoms with Crippen molar-refractivity contribution in [3.8, 4) is 5.69 Å². The van der Waals surface area contributed by atoms with Gasteiger partial charge in [0.1, 0.15) is 0 Å². The Morgan fingerprint density at radius 2 is 2.00 bits per heavy atom. The van der Waals surface area contributed by atoms with Crippen LogP contribution in [0.4, 0.5) is 0 Å². The van der Waals surface area contributed by atoms with E-state index < -0.39 is 0 Å². The van der Waals surface area contributed by atoms with Crippen LogP contribution >= 0.6 is 11.6 Å². The number of carbonyl (C=O) groups is 1. The summed E-state index contributed by atoms with van der Waals surface area (Å²) in [4.78, 5) is 15.3. The van der Waals surface area contributed by atoms with Crippen LogP contribution in [0.1, 0.15) is 41.0 Å². The fraction of sp³-hybridized carbons (Fsp3) is 0.304. The lowest BCUT2D eigenvalue weighted by molar-refractivity contribution is 0.0936. The van der Waals surface area contributed by atoms with Crippen LogP contribution in [0, 0.1) is 6.92 Å². The molecule has 1 aromatic heterocycles. The van der Waals surface area contributed by atoms with Gasteiger partial charge in [0.15, 0.2) is 0 Å². The minimum atomic E-state index is -0.0741. The lowest BCUT2D eigenvalue weighted by Crippen LogP contribution is -2.37. The third-order valence-electron chi connectivity index (χ3n) is 5.69. The van der Waals surface area contributed by atoms with Crippen molar-refractivity contribution >= 4 is 17.5 Å². The Morgan fingerprint density at radius 1 is 1.21 bits per heavy atom. The van der Waals surface area contributed by atoms with E-state index in [0.717, 1.165) is 30.9 Å². The van der Waals surface area contributed by atoms with Gasteiger partial charge in [-0.15, -0.1) is 0 Å². The molecule has 1 fully saturated rings. The molecule has 1 amide bonds. The van der Waals surface area contributed by atoms with E-state index in [4.69, 9.17) is 11.6 Å². The molecule has 0 radical (unpaired) electrons. The first kappa shape index (κ1) is 19.7. The molecule has 5 nitrogen and oxygen atoms in total. The summed E-state index contributed by atoms with van der Waals surface area (Å²) in [6.07, 6.45) is 2.58.